The second kappa shape index (κ2) is 8.39. The van der Waals surface area contributed by atoms with Gasteiger partial charge in [-0.15, -0.1) is 0 Å². The summed E-state index contributed by atoms with van der Waals surface area (Å²) in [6.45, 7) is 3.01. The van der Waals surface area contributed by atoms with Crippen molar-refractivity contribution in [3.8, 4) is 5.69 Å². The van der Waals surface area contributed by atoms with Crippen LogP contribution in [0.4, 0.5) is 0 Å². The van der Waals surface area contributed by atoms with Crippen molar-refractivity contribution in [1.29, 1.82) is 0 Å². The Hall–Kier alpha value is -3.61. The minimum atomic E-state index is -0.704. The van der Waals surface area contributed by atoms with Gasteiger partial charge < -0.3 is 19.0 Å². The van der Waals surface area contributed by atoms with E-state index in [2.05, 4.69) is 5.32 Å². The van der Waals surface area contributed by atoms with Gasteiger partial charge in [-0.1, -0.05) is 18.2 Å². The van der Waals surface area contributed by atoms with E-state index in [9.17, 15) is 14.4 Å². The summed E-state index contributed by atoms with van der Waals surface area (Å²) >= 11 is 0. The van der Waals surface area contributed by atoms with Crippen LogP contribution in [0.2, 0.25) is 0 Å². The van der Waals surface area contributed by atoms with E-state index in [0.717, 1.165) is 17.1 Å². The van der Waals surface area contributed by atoms with Crippen molar-refractivity contribution in [1.82, 2.24) is 9.88 Å². The molecule has 0 aliphatic carbocycles. The maximum atomic E-state index is 12.5. The number of Topliss-reactive ketones (excluding diaryl/α,β-unsaturated/α-hetero) is 1. The molecule has 144 valence electrons. The second-order valence-corrected chi connectivity index (χ2v) is 6.20. The molecule has 3 rings (SSSR count). The minimum absolute atomic E-state index is 0.0947. The molecule has 0 spiro atoms. The number of nitrogens with one attached hydrogen (secondary N) is 1. The molecule has 1 aromatic carbocycles. The maximum absolute atomic E-state index is 12.5. The number of carbonyl (C=O) groups excluding carboxylic acids is 3. The number of aryl methyl sites for hydroxylation is 1. The van der Waals surface area contributed by atoms with E-state index in [1.54, 1.807) is 12.1 Å². The highest BCUT2D eigenvalue weighted by Crippen LogP contribution is 2.21. The van der Waals surface area contributed by atoms with Crippen molar-refractivity contribution < 1.29 is 23.5 Å². The van der Waals surface area contributed by atoms with Crippen LogP contribution >= 0.6 is 0 Å². The number of hydrogen-bond acceptors (Lipinski definition) is 5. The third-order valence-corrected chi connectivity index (χ3v) is 4.25. The Morgan fingerprint density at radius 2 is 1.82 bits per heavy atom. The molecule has 2 aromatic heterocycles. The molecule has 1 N–H and O–H groups in total. The fraction of sp³-hybridized carbons (Fsp3) is 0.190. The van der Waals surface area contributed by atoms with Crippen LogP contribution in [0.5, 0.6) is 0 Å². The first-order valence-corrected chi connectivity index (χ1v) is 8.72. The molecule has 1 amide bonds. The summed E-state index contributed by atoms with van der Waals surface area (Å²) in [6, 6.07) is 14.5. The number of amides is 1. The first-order valence-electron chi connectivity index (χ1n) is 8.72. The van der Waals surface area contributed by atoms with Gasteiger partial charge in [0.1, 0.15) is 6.54 Å². The van der Waals surface area contributed by atoms with Gasteiger partial charge in [0.2, 0.25) is 5.78 Å². The van der Waals surface area contributed by atoms with Gasteiger partial charge in [0.05, 0.1) is 6.26 Å². The Kier molecular flexibility index (Phi) is 5.74. The van der Waals surface area contributed by atoms with E-state index >= 15 is 0 Å². The lowest BCUT2D eigenvalue weighted by molar-refractivity contribution is -0.141. The van der Waals surface area contributed by atoms with Crippen molar-refractivity contribution in [3.05, 3.63) is 77.5 Å². The first-order chi connectivity index (χ1) is 13.5. The molecule has 0 saturated heterocycles. The van der Waals surface area contributed by atoms with Crippen LogP contribution in [-0.2, 0) is 9.53 Å². The molecule has 0 atom stereocenters. The van der Waals surface area contributed by atoms with Gasteiger partial charge >= 0.3 is 5.97 Å². The molecule has 0 fully saturated rings. The molecule has 0 saturated carbocycles. The second-order valence-electron chi connectivity index (χ2n) is 6.20. The van der Waals surface area contributed by atoms with E-state index in [1.165, 1.54) is 12.3 Å². The average Bonchev–Trinajstić information content (AvgIpc) is 3.33. The van der Waals surface area contributed by atoms with Crippen molar-refractivity contribution in [2.24, 2.45) is 0 Å². The molecule has 0 aliphatic heterocycles. The Balaban J connectivity index is 1.58. The van der Waals surface area contributed by atoms with Gasteiger partial charge in [0.25, 0.3) is 5.91 Å². The summed E-state index contributed by atoms with van der Waals surface area (Å²) in [5.41, 5.74) is 3.13. The quantitative estimate of drug-likeness (QED) is 0.503. The van der Waals surface area contributed by atoms with Gasteiger partial charge in [-0.2, -0.15) is 0 Å². The van der Waals surface area contributed by atoms with Crippen molar-refractivity contribution in [2.45, 2.75) is 13.8 Å². The maximum Gasteiger partial charge on any atom is 0.325 e. The molecule has 0 unspecified atom stereocenters. The summed E-state index contributed by atoms with van der Waals surface area (Å²) < 4.78 is 11.9. The van der Waals surface area contributed by atoms with Gasteiger partial charge in [-0.3, -0.25) is 14.4 Å². The fourth-order valence-electron chi connectivity index (χ4n) is 2.94. The predicted molar refractivity (Wildman–Crippen MR) is 102 cm³/mol. The SMILES string of the molecule is Cc1cc(C(=O)COC(=O)CNC(=O)c2ccco2)c(C)n1-c1ccccc1. The highest BCUT2D eigenvalue weighted by Gasteiger charge is 2.18. The van der Waals surface area contributed by atoms with Crippen molar-refractivity contribution in [2.75, 3.05) is 13.2 Å². The molecule has 0 aliphatic rings. The summed E-state index contributed by atoms with van der Waals surface area (Å²) in [7, 11) is 0. The zero-order valence-corrected chi connectivity index (χ0v) is 15.6. The van der Waals surface area contributed by atoms with Crippen LogP contribution in [0, 0.1) is 13.8 Å². The number of rotatable bonds is 7. The normalized spacial score (nSPS) is 10.5. The van der Waals surface area contributed by atoms with Crippen LogP contribution in [-0.4, -0.2) is 35.4 Å². The van der Waals surface area contributed by atoms with Crippen LogP contribution in [0.3, 0.4) is 0 Å². The molecule has 3 aromatic rings. The van der Waals surface area contributed by atoms with Crippen molar-refractivity contribution >= 4 is 17.7 Å². The molecule has 0 radical (unpaired) electrons. The van der Waals surface area contributed by atoms with Gasteiger partial charge in [-0.25, -0.2) is 0 Å². The van der Waals surface area contributed by atoms with Gasteiger partial charge in [-0.05, 0) is 44.2 Å². The molecule has 7 nitrogen and oxygen atoms in total. The van der Waals surface area contributed by atoms with Gasteiger partial charge in [0, 0.05) is 22.6 Å². The lowest BCUT2D eigenvalue weighted by Crippen LogP contribution is -2.31. The third-order valence-electron chi connectivity index (χ3n) is 4.25. The Morgan fingerprint density at radius 3 is 2.50 bits per heavy atom. The van der Waals surface area contributed by atoms with E-state index < -0.39 is 18.5 Å². The lowest BCUT2D eigenvalue weighted by Gasteiger charge is -2.09. The summed E-state index contributed by atoms with van der Waals surface area (Å²) in [6.07, 6.45) is 1.36. The molecule has 28 heavy (non-hydrogen) atoms. The molecular formula is C21H20N2O5. The van der Waals surface area contributed by atoms with E-state index in [4.69, 9.17) is 9.15 Å². The summed E-state index contributed by atoms with van der Waals surface area (Å²) in [5.74, 6) is -1.44. The lowest BCUT2D eigenvalue weighted by atomic mass is 10.1. The van der Waals surface area contributed by atoms with E-state index in [0.29, 0.717) is 5.56 Å². The topological polar surface area (TPSA) is 90.5 Å². The number of para-hydroxylation sites is 1. The summed E-state index contributed by atoms with van der Waals surface area (Å²) in [5, 5.41) is 2.37. The van der Waals surface area contributed by atoms with Crippen LogP contribution in [0.15, 0.2) is 59.2 Å². The Morgan fingerprint density at radius 1 is 1.07 bits per heavy atom. The standard InChI is InChI=1S/C21H20N2O5/c1-14-11-17(15(2)23(14)16-7-4-3-5-8-16)18(24)13-28-20(25)12-22-21(26)19-9-6-10-27-19/h3-11H,12-13H2,1-2H3,(H,22,26). The Bertz CT molecular complexity index is 987. The van der Waals surface area contributed by atoms with E-state index in [-0.39, 0.29) is 18.1 Å². The molecule has 0 bridgehead atoms. The number of furan rings is 1. The number of esters is 1. The Labute approximate surface area is 161 Å². The number of aromatic nitrogens is 1. The summed E-state index contributed by atoms with van der Waals surface area (Å²) in [4.78, 5) is 36.0. The monoisotopic (exact) mass is 380 g/mol. The number of ether oxygens (including phenoxy) is 1. The molecule has 7 heteroatoms. The number of hydrogen-bond donors (Lipinski definition) is 1. The average molecular weight is 380 g/mol. The number of carbonyl (C=O) groups is 3. The van der Waals surface area contributed by atoms with Gasteiger partial charge in [0.15, 0.2) is 12.4 Å². The fourth-order valence-corrected chi connectivity index (χ4v) is 2.94. The predicted octanol–water partition coefficient (Wildman–Crippen LogP) is 2.84. The zero-order chi connectivity index (χ0) is 20.1. The van der Waals surface area contributed by atoms with Crippen molar-refractivity contribution in [3.63, 3.8) is 0 Å². The minimum Gasteiger partial charge on any atom is -0.459 e. The van der Waals surface area contributed by atoms with Crippen LogP contribution in [0.25, 0.3) is 5.69 Å². The molecule has 2 heterocycles. The third kappa shape index (κ3) is 4.20. The zero-order valence-electron chi connectivity index (χ0n) is 15.6. The van der Waals surface area contributed by atoms with E-state index in [1.807, 2.05) is 48.7 Å². The highest BCUT2D eigenvalue weighted by molar-refractivity contribution is 5.99. The smallest absolute Gasteiger partial charge is 0.325 e. The highest BCUT2D eigenvalue weighted by atomic mass is 16.5. The largest absolute Gasteiger partial charge is 0.459 e. The van der Waals surface area contributed by atoms with Crippen LogP contribution in [0.1, 0.15) is 32.3 Å². The first kappa shape index (κ1) is 19.2. The van der Waals surface area contributed by atoms with Crippen LogP contribution < -0.4 is 5.32 Å². The number of benzene rings is 1. The number of ketones is 1. The molecular weight excluding hydrogens is 360 g/mol. The number of nitrogens with zero attached hydrogens (tertiary/aromatic N) is 1.